The molecule has 2 aromatic rings. The molecule has 0 saturated carbocycles. The van der Waals surface area contributed by atoms with Crippen molar-refractivity contribution >= 4 is 11.6 Å². The number of fused-ring (bicyclic) bond motifs is 1. The summed E-state index contributed by atoms with van der Waals surface area (Å²) in [4.78, 5) is 14.3. The van der Waals surface area contributed by atoms with Crippen molar-refractivity contribution in [1.82, 2.24) is 4.90 Å². The molecule has 106 valence electrons. The summed E-state index contributed by atoms with van der Waals surface area (Å²) in [6, 6.07) is 13.6. The van der Waals surface area contributed by atoms with Crippen LogP contribution in [0.2, 0.25) is 0 Å². The van der Waals surface area contributed by atoms with E-state index in [1.165, 1.54) is 12.1 Å². The fourth-order valence-corrected chi connectivity index (χ4v) is 2.56. The van der Waals surface area contributed by atoms with E-state index in [9.17, 15) is 9.18 Å². The van der Waals surface area contributed by atoms with E-state index in [2.05, 4.69) is 11.9 Å². The molecule has 0 radical (unpaired) electrons. The van der Waals surface area contributed by atoms with Gasteiger partial charge in [0, 0.05) is 12.2 Å². The summed E-state index contributed by atoms with van der Waals surface area (Å²) >= 11 is 0. The lowest BCUT2D eigenvalue weighted by atomic mass is 10.0. The molecule has 1 atom stereocenters. The molecule has 21 heavy (non-hydrogen) atoms. The Balaban J connectivity index is 2.06. The number of carbonyl (C=O) groups excluding carboxylic acids is 1. The van der Waals surface area contributed by atoms with Gasteiger partial charge in [0.2, 0.25) is 0 Å². The Morgan fingerprint density at radius 3 is 2.81 bits per heavy atom. The summed E-state index contributed by atoms with van der Waals surface area (Å²) in [6.07, 6.45) is 1.26. The van der Waals surface area contributed by atoms with Crippen LogP contribution in [-0.4, -0.2) is 17.4 Å². The van der Waals surface area contributed by atoms with Crippen LogP contribution in [0.1, 0.15) is 22.1 Å². The van der Waals surface area contributed by atoms with Crippen LogP contribution in [0.4, 0.5) is 10.1 Å². The lowest BCUT2D eigenvalue weighted by Crippen LogP contribution is -2.43. The van der Waals surface area contributed by atoms with Crippen LogP contribution in [0.5, 0.6) is 0 Å². The summed E-state index contributed by atoms with van der Waals surface area (Å²) in [5, 5.41) is 3.30. The Bertz CT molecular complexity index is 699. The van der Waals surface area contributed by atoms with Gasteiger partial charge in [0.05, 0.1) is 5.56 Å². The number of rotatable bonds is 3. The highest BCUT2D eigenvalue weighted by atomic mass is 19.1. The van der Waals surface area contributed by atoms with Gasteiger partial charge >= 0.3 is 0 Å². The number of hydrogen-bond donors (Lipinski definition) is 1. The van der Waals surface area contributed by atoms with Crippen LogP contribution in [0, 0.1) is 5.82 Å². The van der Waals surface area contributed by atoms with Crippen LogP contribution >= 0.6 is 0 Å². The zero-order valence-corrected chi connectivity index (χ0v) is 11.4. The molecule has 1 amide bonds. The predicted molar refractivity (Wildman–Crippen MR) is 80.4 cm³/mol. The molecule has 0 saturated heterocycles. The van der Waals surface area contributed by atoms with E-state index in [0.717, 1.165) is 5.69 Å². The lowest BCUT2D eigenvalue weighted by molar-refractivity contribution is 0.0707. The van der Waals surface area contributed by atoms with Crippen LogP contribution in [-0.2, 0) is 0 Å². The number of hydrogen-bond acceptors (Lipinski definition) is 2. The van der Waals surface area contributed by atoms with Crippen molar-refractivity contribution in [2.24, 2.45) is 0 Å². The Morgan fingerprint density at radius 1 is 1.24 bits per heavy atom. The molecule has 2 aromatic carbocycles. The third-order valence-corrected chi connectivity index (χ3v) is 3.51. The van der Waals surface area contributed by atoms with Gasteiger partial charge < -0.3 is 10.2 Å². The second kappa shape index (κ2) is 5.40. The van der Waals surface area contributed by atoms with Gasteiger partial charge in [-0.2, -0.15) is 0 Å². The highest BCUT2D eigenvalue weighted by molar-refractivity contribution is 6.01. The van der Waals surface area contributed by atoms with Crippen LogP contribution in [0.25, 0.3) is 0 Å². The molecule has 0 fully saturated rings. The topological polar surface area (TPSA) is 32.3 Å². The maximum absolute atomic E-state index is 13.5. The minimum atomic E-state index is -0.402. The average Bonchev–Trinajstić information content (AvgIpc) is 2.50. The third kappa shape index (κ3) is 2.40. The number of para-hydroxylation sites is 1. The van der Waals surface area contributed by atoms with Crippen LogP contribution in [0.3, 0.4) is 0 Å². The Kier molecular flexibility index (Phi) is 3.44. The van der Waals surface area contributed by atoms with Gasteiger partial charge in [-0.3, -0.25) is 4.79 Å². The molecule has 4 heteroatoms. The Labute approximate surface area is 122 Å². The summed E-state index contributed by atoms with van der Waals surface area (Å²) in [6.45, 7) is 4.09. The van der Waals surface area contributed by atoms with E-state index < -0.39 is 6.17 Å². The van der Waals surface area contributed by atoms with Gasteiger partial charge in [0.1, 0.15) is 12.0 Å². The van der Waals surface area contributed by atoms with Crippen molar-refractivity contribution in [2.75, 3.05) is 11.9 Å². The van der Waals surface area contributed by atoms with Crippen molar-refractivity contribution in [3.05, 3.63) is 78.1 Å². The van der Waals surface area contributed by atoms with Gasteiger partial charge in [-0.25, -0.2) is 4.39 Å². The molecule has 0 bridgehead atoms. The smallest absolute Gasteiger partial charge is 0.258 e. The molecular weight excluding hydrogens is 267 g/mol. The molecule has 3 rings (SSSR count). The van der Waals surface area contributed by atoms with Gasteiger partial charge in [-0.1, -0.05) is 30.3 Å². The number of benzene rings is 2. The first kappa shape index (κ1) is 13.4. The molecule has 1 heterocycles. The van der Waals surface area contributed by atoms with Gasteiger partial charge in [0.25, 0.3) is 5.91 Å². The number of nitrogens with zero attached hydrogens (tertiary/aromatic N) is 1. The van der Waals surface area contributed by atoms with Crippen molar-refractivity contribution < 1.29 is 9.18 Å². The lowest BCUT2D eigenvalue weighted by Gasteiger charge is -2.37. The molecule has 1 aliphatic heterocycles. The summed E-state index contributed by atoms with van der Waals surface area (Å²) in [7, 11) is 0. The fourth-order valence-electron chi connectivity index (χ4n) is 2.56. The van der Waals surface area contributed by atoms with Gasteiger partial charge in [0.15, 0.2) is 0 Å². The van der Waals surface area contributed by atoms with E-state index in [1.54, 1.807) is 29.2 Å². The van der Waals surface area contributed by atoms with Gasteiger partial charge in [-0.05, 0) is 29.8 Å². The van der Waals surface area contributed by atoms with Crippen LogP contribution in [0.15, 0.2) is 61.2 Å². The third-order valence-electron chi connectivity index (χ3n) is 3.51. The van der Waals surface area contributed by atoms with E-state index in [4.69, 9.17) is 0 Å². The zero-order chi connectivity index (χ0) is 14.8. The number of halogens is 1. The SMILES string of the molecule is C=CCN1C(=O)c2ccccc2NC1c1cccc(F)c1. The largest absolute Gasteiger partial charge is 0.361 e. The number of amides is 1. The van der Waals surface area contributed by atoms with Crippen molar-refractivity contribution in [3.63, 3.8) is 0 Å². The van der Waals surface area contributed by atoms with Gasteiger partial charge in [-0.15, -0.1) is 6.58 Å². The Hall–Kier alpha value is -2.62. The molecule has 3 nitrogen and oxygen atoms in total. The molecular formula is C17H15FN2O. The fraction of sp³-hybridized carbons (Fsp3) is 0.118. The molecule has 0 aromatic heterocycles. The van der Waals surface area contributed by atoms with Crippen molar-refractivity contribution in [1.29, 1.82) is 0 Å². The molecule has 0 aliphatic carbocycles. The highest BCUT2D eigenvalue weighted by Crippen LogP contribution is 2.32. The van der Waals surface area contributed by atoms with Crippen molar-refractivity contribution in [3.8, 4) is 0 Å². The standard InChI is InChI=1S/C17H15FN2O/c1-2-10-20-16(12-6-5-7-13(18)11-12)19-15-9-4-3-8-14(15)17(20)21/h2-9,11,16,19H,1,10H2. The number of carbonyl (C=O) groups is 1. The zero-order valence-electron chi connectivity index (χ0n) is 11.4. The van der Waals surface area contributed by atoms with E-state index in [-0.39, 0.29) is 11.7 Å². The number of nitrogens with one attached hydrogen (secondary N) is 1. The quantitative estimate of drug-likeness (QED) is 0.873. The number of anilines is 1. The van der Waals surface area contributed by atoms with E-state index in [1.807, 2.05) is 18.2 Å². The average molecular weight is 282 g/mol. The summed E-state index contributed by atoms with van der Waals surface area (Å²) in [5.41, 5.74) is 2.09. The Morgan fingerprint density at radius 2 is 2.05 bits per heavy atom. The maximum atomic E-state index is 13.5. The van der Waals surface area contributed by atoms with E-state index >= 15 is 0 Å². The minimum absolute atomic E-state index is 0.0847. The summed E-state index contributed by atoms with van der Waals surface area (Å²) in [5.74, 6) is -0.405. The maximum Gasteiger partial charge on any atom is 0.258 e. The second-order valence-electron chi connectivity index (χ2n) is 4.89. The molecule has 1 aliphatic rings. The first-order chi connectivity index (χ1) is 10.2. The second-order valence-corrected chi connectivity index (χ2v) is 4.89. The van der Waals surface area contributed by atoms with E-state index in [0.29, 0.717) is 17.7 Å². The minimum Gasteiger partial charge on any atom is -0.361 e. The van der Waals surface area contributed by atoms with Crippen LogP contribution < -0.4 is 5.32 Å². The summed E-state index contributed by atoms with van der Waals surface area (Å²) < 4.78 is 13.5. The molecule has 1 N–H and O–H groups in total. The molecule has 0 spiro atoms. The molecule has 1 unspecified atom stereocenters. The van der Waals surface area contributed by atoms with Crippen molar-refractivity contribution in [2.45, 2.75) is 6.17 Å². The highest BCUT2D eigenvalue weighted by Gasteiger charge is 2.31. The monoisotopic (exact) mass is 282 g/mol. The first-order valence-electron chi connectivity index (χ1n) is 6.73. The first-order valence-corrected chi connectivity index (χ1v) is 6.73. The normalized spacial score (nSPS) is 17.1. The predicted octanol–water partition coefficient (Wildman–Crippen LogP) is 3.58.